The van der Waals surface area contributed by atoms with Crippen LogP contribution in [0.15, 0.2) is 11.8 Å². The summed E-state index contributed by atoms with van der Waals surface area (Å²) in [6, 6.07) is 0. The standard InChI is InChI=1S/C5H8N2O3/c1-3(4(6)8)2-10-5(7)9/h2H,1H3,(H2,6,8)(H2,7,9)/b3-2+. The zero-order valence-corrected chi connectivity index (χ0v) is 5.46. The number of amides is 2. The predicted molar refractivity (Wildman–Crippen MR) is 33.6 cm³/mol. The lowest BCUT2D eigenvalue weighted by molar-refractivity contribution is -0.114. The van der Waals surface area contributed by atoms with Crippen LogP contribution in [0.3, 0.4) is 0 Å². The van der Waals surface area contributed by atoms with Gasteiger partial charge in [-0.25, -0.2) is 4.79 Å². The number of hydrogen-bond donors (Lipinski definition) is 2. The van der Waals surface area contributed by atoms with E-state index in [2.05, 4.69) is 10.5 Å². The minimum Gasteiger partial charge on any atom is -0.418 e. The molecule has 0 saturated carbocycles. The Hall–Kier alpha value is -1.52. The summed E-state index contributed by atoms with van der Waals surface area (Å²) in [5.41, 5.74) is 9.50. The molecule has 56 valence electrons. The molecular weight excluding hydrogens is 136 g/mol. The number of carbonyl (C=O) groups is 2. The Morgan fingerprint density at radius 1 is 1.40 bits per heavy atom. The van der Waals surface area contributed by atoms with Crippen molar-refractivity contribution in [3.8, 4) is 0 Å². The molecule has 0 heterocycles. The Kier molecular flexibility index (Phi) is 2.96. The van der Waals surface area contributed by atoms with E-state index in [4.69, 9.17) is 5.73 Å². The van der Waals surface area contributed by atoms with Gasteiger partial charge in [0.2, 0.25) is 5.91 Å². The molecule has 0 spiro atoms. The Balaban J connectivity index is 3.92. The van der Waals surface area contributed by atoms with Gasteiger partial charge in [-0.2, -0.15) is 0 Å². The third-order valence-electron chi connectivity index (χ3n) is 0.741. The minimum atomic E-state index is -0.972. The lowest BCUT2D eigenvalue weighted by atomic mass is 10.3. The molecule has 0 atom stereocenters. The average Bonchev–Trinajstić information content (AvgIpc) is 1.82. The molecule has 0 aliphatic heterocycles. The lowest BCUT2D eigenvalue weighted by Gasteiger charge is -1.93. The summed E-state index contributed by atoms with van der Waals surface area (Å²) in [5, 5.41) is 0. The van der Waals surface area contributed by atoms with Crippen LogP contribution in [0, 0.1) is 0 Å². The highest BCUT2D eigenvalue weighted by Gasteiger charge is 1.97. The number of nitrogens with two attached hydrogens (primary N) is 2. The second-order valence-electron chi connectivity index (χ2n) is 1.60. The van der Waals surface area contributed by atoms with Gasteiger partial charge in [0, 0.05) is 5.57 Å². The maximum Gasteiger partial charge on any atom is 0.409 e. The smallest absolute Gasteiger partial charge is 0.409 e. The summed E-state index contributed by atoms with van der Waals surface area (Å²) in [6.07, 6.45) is -0.0643. The van der Waals surface area contributed by atoms with Gasteiger partial charge < -0.3 is 16.2 Å². The van der Waals surface area contributed by atoms with Crippen molar-refractivity contribution < 1.29 is 14.3 Å². The number of primary amides is 2. The van der Waals surface area contributed by atoms with Gasteiger partial charge in [0.1, 0.15) is 6.26 Å². The first-order chi connectivity index (χ1) is 4.54. The number of rotatable bonds is 2. The van der Waals surface area contributed by atoms with E-state index in [0.717, 1.165) is 6.26 Å². The molecule has 0 aliphatic carbocycles. The van der Waals surface area contributed by atoms with Gasteiger partial charge in [-0.1, -0.05) is 0 Å². The molecule has 0 aromatic carbocycles. The van der Waals surface area contributed by atoms with Gasteiger partial charge >= 0.3 is 6.09 Å². The molecule has 0 radical (unpaired) electrons. The largest absolute Gasteiger partial charge is 0.418 e. The summed E-state index contributed by atoms with van der Waals surface area (Å²) in [5.74, 6) is -0.652. The molecule has 0 fully saturated rings. The van der Waals surface area contributed by atoms with Crippen LogP contribution in [-0.2, 0) is 9.53 Å². The second kappa shape index (κ2) is 3.49. The summed E-state index contributed by atoms with van der Waals surface area (Å²) in [7, 11) is 0. The van der Waals surface area contributed by atoms with E-state index in [1.807, 2.05) is 0 Å². The fourth-order valence-electron chi connectivity index (χ4n) is 0.205. The van der Waals surface area contributed by atoms with Crippen molar-refractivity contribution in [3.05, 3.63) is 11.8 Å². The molecule has 5 heteroatoms. The van der Waals surface area contributed by atoms with Crippen molar-refractivity contribution >= 4 is 12.0 Å². The van der Waals surface area contributed by atoms with E-state index in [9.17, 15) is 9.59 Å². The van der Waals surface area contributed by atoms with Gasteiger partial charge in [-0.15, -0.1) is 0 Å². The molecule has 0 unspecified atom stereocenters. The Bertz CT molecular complexity index is 185. The third kappa shape index (κ3) is 3.48. The van der Waals surface area contributed by atoms with E-state index in [0.29, 0.717) is 0 Å². The molecule has 0 aromatic heterocycles. The van der Waals surface area contributed by atoms with Crippen LogP contribution in [0.4, 0.5) is 4.79 Å². The summed E-state index contributed by atoms with van der Waals surface area (Å²) < 4.78 is 4.14. The highest BCUT2D eigenvalue weighted by Crippen LogP contribution is 1.89. The van der Waals surface area contributed by atoms with Gasteiger partial charge in [0.25, 0.3) is 0 Å². The van der Waals surface area contributed by atoms with Crippen molar-refractivity contribution in [2.24, 2.45) is 11.5 Å². The fraction of sp³-hybridized carbons (Fsp3) is 0.200. The molecule has 2 amide bonds. The Morgan fingerprint density at radius 3 is 2.20 bits per heavy atom. The quantitative estimate of drug-likeness (QED) is 0.402. The number of hydrogen-bond acceptors (Lipinski definition) is 3. The topological polar surface area (TPSA) is 95.4 Å². The van der Waals surface area contributed by atoms with Crippen LogP contribution < -0.4 is 11.5 Å². The first-order valence-electron chi connectivity index (χ1n) is 2.46. The van der Waals surface area contributed by atoms with E-state index in [-0.39, 0.29) is 5.57 Å². The second-order valence-corrected chi connectivity index (χ2v) is 1.60. The van der Waals surface area contributed by atoms with Crippen LogP contribution in [-0.4, -0.2) is 12.0 Å². The van der Waals surface area contributed by atoms with Crippen molar-refractivity contribution in [2.75, 3.05) is 0 Å². The van der Waals surface area contributed by atoms with E-state index in [1.54, 1.807) is 0 Å². The van der Waals surface area contributed by atoms with Gasteiger partial charge in [0.05, 0.1) is 0 Å². The van der Waals surface area contributed by atoms with Crippen LogP contribution in [0.1, 0.15) is 6.92 Å². The third-order valence-corrected chi connectivity index (χ3v) is 0.741. The number of carbonyl (C=O) groups excluding carboxylic acids is 2. The highest BCUT2D eigenvalue weighted by atomic mass is 16.5. The Labute approximate surface area is 57.6 Å². The normalized spacial score (nSPS) is 10.7. The molecular formula is C5H8N2O3. The zero-order chi connectivity index (χ0) is 8.15. The molecule has 0 aliphatic rings. The van der Waals surface area contributed by atoms with Gasteiger partial charge in [-0.05, 0) is 6.92 Å². The first kappa shape index (κ1) is 8.48. The van der Waals surface area contributed by atoms with Crippen molar-refractivity contribution in [1.82, 2.24) is 0 Å². The highest BCUT2D eigenvalue weighted by molar-refractivity contribution is 5.91. The summed E-state index contributed by atoms with van der Waals surface area (Å²) in [6.45, 7) is 1.41. The van der Waals surface area contributed by atoms with E-state index < -0.39 is 12.0 Å². The maximum atomic E-state index is 10.2. The number of ether oxygens (including phenoxy) is 1. The van der Waals surface area contributed by atoms with Gasteiger partial charge in [-0.3, -0.25) is 4.79 Å². The lowest BCUT2D eigenvalue weighted by Crippen LogP contribution is -2.14. The van der Waals surface area contributed by atoms with Crippen molar-refractivity contribution in [2.45, 2.75) is 6.92 Å². The van der Waals surface area contributed by atoms with Gasteiger partial charge in [0.15, 0.2) is 0 Å². The first-order valence-corrected chi connectivity index (χ1v) is 2.46. The minimum absolute atomic E-state index is 0.138. The summed E-state index contributed by atoms with van der Waals surface area (Å²) in [4.78, 5) is 20.2. The monoisotopic (exact) mass is 144 g/mol. The molecule has 4 N–H and O–H groups in total. The molecule has 10 heavy (non-hydrogen) atoms. The van der Waals surface area contributed by atoms with E-state index in [1.165, 1.54) is 6.92 Å². The predicted octanol–water partition coefficient (Wildman–Crippen LogP) is -0.529. The van der Waals surface area contributed by atoms with Crippen LogP contribution in [0.2, 0.25) is 0 Å². The zero-order valence-electron chi connectivity index (χ0n) is 5.46. The van der Waals surface area contributed by atoms with Crippen LogP contribution in [0.25, 0.3) is 0 Å². The molecule has 0 saturated heterocycles. The fourth-order valence-corrected chi connectivity index (χ4v) is 0.205. The molecule has 0 bridgehead atoms. The SMILES string of the molecule is C/C(=C\OC(N)=O)C(N)=O. The van der Waals surface area contributed by atoms with Crippen LogP contribution >= 0.6 is 0 Å². The molecule has 5 nitrogen and oxygen atoms in total. The van der Waals surface area contributed by atoms with Crippen molar-refractivity contribution in [3.63, 3.8) is 0 Å². The molecule has 0 rings (SSSR count). The van der Waals surface area contributed by atoms with E-state index >= 15 is 0 Å². The van der Waals surface area contributed by atoms with Crippen molar-refractivity contribution in [1.29, 1.82) is 0 Å². The average molecular weight is 144 g/mol. The molecule has 0 aromatic rings. The maximum absolute atomic E-state index is 10.2. The summed E-state index contributed by atoms with van der Waals surface area (Å²) >= 11 is 0. The Morgan fingerprint density at radius 2 is 1.90 bits per heavy atom. The van der Waals surface area contributed by atoms with Crippen LogP contribution in [0.5, 0.6) is 0 Å².